The summed E-state index contributed by atoms with van der Waals surface area (Å²) in [6.07, 6.45) is 7.01. The lowest BCUT2D eigenvalue weighted by molar-refractivity contribution is -0.902. The topological polar surface area (TPSA) is 62.1 Å². The van der Waals surface area contributed by atoms with Gasteiger partial charge in [-0.1, -0.05) is 50.1 Å². The third-order valence-electron chi connectivity index (χ3n) is 6.39. The molecule has 0 bridgehead atoms. The number of nitrogens with zero attached hydrogens (tertiary/aromatic N) is 2. The molecule has 0 aromatic heterocycles. The fourth-order valence-electron chi connectivity index (χ4n) is 4.70. The van der Waals surface area contributed by atoms with Crippen LogP contribution < -0.4 is 4.90 Å². The zero-order valence-corrected chi connectivity index (χ0v) is 16.4. The molecule has 2 fully saturated rings. The van der Waals surface area contributed by atoms with Crippen molar-refractivity contribution in [3.63, 3.8) is 0 Å². The van der Waals surface area contributed by atoms with Crippen molar-refractivity contribution in [2.45, 2.75) is 45.1 Å². The molecule has 2 heterocycles. The highest BCUT2D eigenvalue weighted by Gasteiger charge is 2.50. The summed E-state index contributed by atoms with van der Waals surface area (Å²) in [6.45, 7) is 3.92. The first-order valence-electron chi connectivity index (χ1n) is 10.3. The predicted molar refractivity (Wildman–Crippen MR) is 105 cm³/mol. The highest BCUT2D eigenvalue weighted by Crippen LogP contribution is 2.31. The summed E-state index contributed by atoms with van der Waals surface area (Å²) in [5, 5.41) is 0. The largest absolute Gasteiger partial charge is 0.338 e. The van der Waals surface area contributed by atoms with Gasteiger partial charge in [-0.05, 0) is 36.0 Å². The van der Waals surface area contributed by atoms with E-state index in [0.29, 0.717) is 0 Å². The lowest BCUT2D eigenvalue weighted by Crippen LogP contribution is -3.14. The minimum absolute atomic E-state index is 0.136. The summed E-state index contributed by atoms with van der Waals surface area (Å²) in [7, 11) is 0. The van der Waals surface area contributed by atoms with E-state index in [2.05, 4.69) is 25.1 Å². The number of imide groups is 2. The summed E-state index contributed by atoms with van der Waals surface area (Å²) < 4.78 is 0. The molecule has 6 heteroatoms. The molecule has 4 rings (SSSR count). The van der Waals surface area contributed by atoms with Crippen LogP contribution in [0.25, 0.3) is 5.57 Å². The number of quaternary nitrogens is 1. The first kappa shape index (κ1) is 18.9. The number of hydrogen-bond donors (Lipinski definition) is 1. The zero-order chi connectivity index (χ0) is 19.7. The van der Waals surface area contributed by atoms with Gasteiger partial charge in [-0.2, -0.15) is 0 Å². The minimum Gasteiger partial charge on any atom is -0.314 e. The van der Waals surface area contributed by atoms with Crippen molar-refractivity contribution in [3.05, 3.63) is 42.0 Å². The lowest BCUT2D eigenvalue weighted by Gasteiger charge is -2.34. The fourth-order valence-corrected chi connectivity index (χ4v) is 4.70. The predicted octanol–water partition coefficient (Wildman–Crippen LogP) is 1.69. The molecule has 1 aromatic rings. The van der Waals surface area contributed by atoms with Gasteiger partial charge in [0.05, 0.1) is 13.1 Å². The van der Waals surface area contributed by atoms with Crippen LogP contribution >= 0.6 is 0 Å². The van der Waals surface area contributed by atoms with Gasteiger partial charge in [-0.3, -0.25) is 14.5 Å². The van der Waals surface area contributed by atoms with E-state index in [1.807, 2.05) is 18.2 Å². The summed E-state index contributed by atoms with van der Waals surface area (Å²) in [5.74, 6) is -1.04. The Morgan fingerprint density at radius 2 is 1.79 bits per heavy atom. The quantitative estimate of drug-likeness (QED) is 0.637. The highest BCUT2D eigenvalue weighted by molar-refractivity contribution is 6.44. The molecular formula is C22H28N3O3+. The molecule has 6 nitrogen and oxygen atoms in total. The van der Waals surface area contributed by atoms with Gasteiger partial charge < -0.3 is 4.90 Å². The van der Waals surface area contributed by atoms with Crippen molar-refractivity contribution in [1.29, 1.82) is 0 Å². The van der Waals surface area contributed by atoms with Crippen molar-refractivity contribution in [3.8, 4) is 0 Å². The highest BCUT2D eigenvalue weighted by atomic mass is 16.2. The number of urea groups is 1. The molecule has 28 heavy (non-hydrogen) atoms. The molecule has 0 radical (unpaired) electrons. The standard InChI is InChI=1S/C22H27N3O3/c1-16-7-5-6-10-19(16)25-21(27)20(26)24(22(25)28)15-23-13-11-18(12-14-23)17-8-3-2-4-9-17/h2-4,8-9,11,16,19H,5-7,10,12-15H2,1H3/p+1/t16-,19-/m0/s1. The van der Waals surface area contributed by atoms with Crippen molar-refractivity contribution < 1.29 is 19.3 Å². The molecule has 1 aliphatic carbocycles. The molecule has 3 aliphatic rings. The Morgan fingerprint density at radius 3 is 2.46 bits per heavy atom. The van der Waals surface area contributed by atoms with Crippen molar-refractivity contribution in [2.75, 3.05) is 19.8 Å². The van der Waals surface area contributed by atoms with E-state index in [1.54, 1.807) is 0 Å². The minimum atomic E-state index is -0.659. The van der Waals surface area contributed by atoms with Gasteiger partial charge in [0.15, 0.2) is 6.67 Å². The summed E-state index contributed by atoms with van der Waals surface area (Å²) >= 11 is 0. The van der Waals surface area contributed by atoms with Gasteiger partial charge >= 0.3 is 17.8 Å². The second kappa shape index (κ2) is 7.87. The Hall–Kier alpha value is -2.47. The van der Waals surface area contributed by atoms with Crippen molar-refractivity contribution >= 4 is 23.4 Å². The van der Waals surface area contributed by atoms with Crippen LogP contribution in [-0.2, 0) is 9.59 Å². The first-order valence-corrected chi connectivity index (χ1v) is 10.3. The van der Waals surface area contributed by atoms with Crippen molar-refractivity contribution in [2.24, 2.45) is 5.92 Å². The maximum absolute atomic E-state index is 12.9. The second-order valence-corrected chi connectivity index (χ2v) is 8.23. The lowest BCUT2D eigenvalue weighted by atomic mass is 9.85. The van der Waals surface area contributed by atoms with Gasteiger partial charge in [-0.15, -0.1) is 0 Å². The van der Waals surface area contributed by atoms with Crippen LogP contribution in [0, 0.1) is 5.92 Å². The van der Waals surface area contributed by atoms with Crippen LogP contribution in [0.4, 0.5) is 4.79 Å². The number of nitrogens with one attached hydrogen (secondary N) is 1. The second-order valence-electron chi connectivity index (χ2n) is 8.23. The Labute approximate surface area is 165 Å². The first-order chi connectivity index (χ1) is 13.6. The molecule has 1 saturated heterocycles. The number of carbonyl (C=O) groups excluding carboxylic acids is 3. The number of amides is 4. The Bertz CT molecular complexity index is 805. The molecule has 148 valence electrons. The van der Waals surface area contributed by atoms with Crippen LogP contribution in [0.5, 0.6) is 0 Å². The van der Waals surface area contributed by atoms with Crippen LogP contribution in [-0.4, -0.2) is 53.4 Å². The van der Waals surface area contributed by atoms with Gasteiger partial charge in [-0.25, -0.2) is 9.69 Å². The molecule has 0 spiro atoms. The van der Waals surface area contributed by atoms with E-state index in [-0.39, 0.29) is 18.6 Å². The summed E-state index contributed by atoms with van der Waals surface area (Å²) in [5.41, 5.74) is 2.53. The van der Waals surface area contributed by atoms with Crippen LogP contribution in [0.3, 0.4) is 0 Å². The normalized spacial score (nSPS) is 28.7. The van der Waals surface area contributed by atoms with E-state index >= 15 is 0 Å². The van der Waals surface area contributed by atoms with Crippen LogP contribution in [0.15, 0.2) is 36.4 Å². The monoisotopic (exact) mass is 382 g/mol. The molecule has 3 atom stereocenters. The van der Waals surface area contributed by atoms with Crippen molar-refractivity contribution in [1.82, 2.24) is 9.80 Å². The maximum atomic E-state index is 12.9. The third kappa shape index (κ3) is 3.49. The van der Waals surface area contributed by atoms with Crippen LogP contribution in [0.1, 0.15) is 44.6 Å². The van der Waals surface area contributed by atoms with E-state index < -0.39 is 17.8 Å². The summed E-state index contributed by atoms with van der Waals surface area (Å²) in [6, 6.07) is 9.72. The van der Waals surface area contributed by atoms with Gasteiger partial charge in [0.25, 0.3) is 0 Å². The van der Waals surface area contributed by atoms with Gasteiger partial charge in [0, 0.05) is 12.5 Å². The SMILES string of the molecule is C[C@H]1CCCC[C@@H]1N1C(=O)C(=O)N(C[NH+]2CC=C(c3ccccc3)CC2)C1=O. The number of benzene rings is 1. The van der Waals surface area contributed by atoms with E-state index in [0.717, 1.165) is 50.1 Å². The molecule has 1 unspecified atom stereocenters. The summed E-state index contributed by atoms with van der Waals surface area (Å²) in [4.78, 5) is 41.5. The smallest absolute Gasteiger partial charge is 0.314 e. The molecule has 1 N–H and O–H groups in total. The maximum Gasteiger partial charge on any atom is 0.338 e. The Balaban J connectivity index is 1.42. The molecule has 1 saturated carbocycles. The number of hydrogen-bond acceptors (Lipinski definition) is 3. The Morgan fingerprint density at radius 1 is 1.04 bits per heavy atom. The van der Waals surface area contributed by atoms with E-state index in [9.17, 15) is 14.4 Å². The number of rotatable bonds is 4. The molecular weight excluding hydrogens is 354 g/mol. The fraction of sp³-hybridized carbons (Fsp3) is 0.500. The molecule has 1 aromatic carbocycles. The molecule has 4 amide bonds. The molecule has 2 aliphatic heterocycles. The zero-order valence-electron chi connectivity index (χ0n) is 16.4. The van der Waals surface area contributed by atoms with E-state index in [4.69, 9.17) is 0 Å². The van der Waals surface area contributed by atoms with Crippen LogP contribution in [0.2, 0.25) is 0 Å². The Kier molecular flexibility index (Phi) is 5.31. The van der Waals surface area contributed by atoms with Gasteiger partial charge in [0.1, 0.15) is 0 Å². The average Bonchev–Trinajstić information content (AvgIpc) is 2.93. The number of carbonyl (C=O) groups is 3. The average molecular weight is 382 g/mol. The van der Waals surface area contributed by atoms with Gasteiger partial charge in [0.2, 0.25) is 0 Å². The third-order valence-corrected chi connectivity index (χ3v) is 6.39. The van der Waals surface area contributed by atoms with E-state index in [1.165, 1.54) is 20.9 Å².